The molecule has 4 heterocycles. The summed E-state index contributed by atoms with van der Waals surface area (Å²) in [5.41, 5.74) is 1.18. The van der Waals surface area contributed by atoms with E-state index in [0.29, 0.717) is 17.0 Å². The fraction of sp³-hybridized carbons (Fsp3) is 0.467. The second-order valence-electron chi connectivity index (χ2n) is 6.17. The number of rotatable bonds is 3. The van der Waals surface area contributed by atoms with E-state index in [1.165, 1.54) is 11.3 Å². The first-order chi connectivity index (χ1) is 11.6. The summed E-state index contributed by atoms with van der Waals surface area (Å²) in [7, 11) is 0. The van der Waals surface area contributed by atoms with E-state index >= 15 is 0 Å². The molecule has 4 rings (SSSR count). The summed E-state index contributed by atoms with van der Waals surface area (Å²) >= 11 is 6.84. The average Bonchev–Trinajstić information content (AvgIpc) is 3.04. The van der Waals surface area contributed by atoms with Crippen LogP contribution in [0.4, 0.5) is 10.3 Å². The lowest BCUT2D eigenvalue weighted by atomic mass is 9.83. The SMILES string of the molecule is O=C(CCl)Nc1nnc(N2C[C@H]3C[C@H](C2)c2cccc(=O)n2C3)s1. The van der Waals surface area contributed by atoms with Crippen LogP contribution in [-0.4, -0.2) is 39.6 Å². The van der Waals surface area contributed by atoms with E-state index in [1.54, 1.807) is 6.07 Å². The number of fused-ring (bicyclic) bond motifs is 4. The van der Waals surface area contributed by atoms with Gasteiger partial charge in [0.25, 0.3) is 5.56 Å². The van der Waals surface area contributed by atoms with Gasteiger partial charge in [-0.05, 0) is 18.4 Å². The third kappa shape index (κ3) is 2.80. The zero-order valence-corrected chi connectivity index (χ0v) is 14.4. The van der Waals surface area contributed by atoms with Gasteiger partial charge < -0.3 is 9.47 Å². The molecule has 0 radical (unpaired) electrons. The monoisotopic (exact) mass is 365 g/mol. The van der Waals surface area contributed by atoms with Crippen LogP contribution < -0.4 is 15.8 Å². The summed E-state index contributed by atoms with van der Waals surface area (Å²) in [6, 6.07) is 5.50. The van der Waals surface area contributed by atoms with E-state index in [9.17, 15) is 9.59 Å². The zero-order valence-electron chi connectivity index (χ0n) is 12.8. The topological polar surface area (TPSA) is 80.1 Å². The minimum Gasteiger partial charge on any atom is -0.346 e. The number of nitrogens with one attached hydrogen (secondary N) is 1. The quantitative estimate of drug-likeness (QED) is 0.834. The second-order valence-corrected chi connectivity index (χ2v) is 7.40. The van der Waals surface area contributed by atoms with Crippen LogP contribution in [0.25, 0.3) is 0 Å². The van der Waals surface area contributed by atoms with E-state index in [-0.39, 0.29) is 17.3 Å². The Balaban J connectivity index is 1.56. The molecule has 0 aromatic carbocycles. The van der Waals surface area contributed by atoms with Crippen molar-refractivity contribution in [2.24, 2.45) is 5.92 Å². The fourth-order valence-electron chi connectivity index (χ4n) is 3.60. The Hall–Kier alpha value is -1.93. The van der Waals surface area contributed by atoms with Gasteiger partial charge in [-0.2, -0.15) is 0 Å². The number of pyridine rings is 1. The van der Waals surface area contributed by atoms with Crippen molar-refractivity contribution in [3.05, 3.63) is 34.2 Å². The lowest BCUT2D eigenvalue weighted by Gasteiger charge is -2.42. The number of hydrogen-bond acceptors (Lipinski definition) is 6. The van der Waals surface area contributed by atoms with Crippen molar-refractivity contribution in [3.8, 4) is 0 Å². The van der Waals surface area contributed by atoms with E-state index < -0.39 is 0 Å². The highest BCUT2D eigenvalue weighted by atomic mass is 35.5. The van der Waals surface area contributed by atoms with E-state index in [2.05, 4.69) is 20.4 Å². The van der Waals surface area contributed by atoms with Gasteiger partial charge in [0.05, 0.1) is 0 Å². The molecular weight excluding hydrogens is 350 g/mol. The largest absolute Gasteiger partial charge is 0.346 e. The van der Waals surface area contributed by atoms with E-state index in [4.69, 9.17) is 11.6 Å². The molecule has 2 aromatic heterocycles. The molecule has 2 aliphatic rings. The molecule has 24 heavy (non-hydrogen) atoms. The van der Waals surface area contributed by atoms with Gasteiger partial charge >= 0.3 is 0 Å². The molecule has 2 atom stereocenters. The number of piperidine rings is 1. The Kier molecular flexibility index (Phi) is 4.01. The number of carbonyl (C=O) groups is 1. The maximum Gasteiger partial charge on any atom is 0.250 e. The number of amides is 1. The summed E-state index contributed by atoms with van der Waals surface area (Å²) in [6.07, 6.45) is 1.09. The van der Waals surface area contributed by atoms with E-state index in [0.717, 1.165) is 36.9 Å². The van der Waals surface area contributed by atoms with Gasteiger partial charge in [0, 0.05) is 37.3 Å². The number of anilines is 2. The maximum absolute atomic E-state index is 12.1. The zero-order chi connectivity index (χ0) is 16.7. The summed E-state index contributed by atoms with van der Waals surface area (Å²) in [5, 5.41) is 12.1. The molecular formula is C15H16ClN5O2S. The average molecular weight is 366 g/mol. The predicted octanol–water partition coefficient (Wildman–Crippen LogP) is 1.50. The first-order valence-electron chi connectivity index (χ1n) is 7.78. The molecule has 1 N–H and O–H groups in total. The fourth-order valence-corrected chi connectivity index (χ4v) is 4.45. The number of halogens is 1. The molecule has 2 aliphatic heterocycles. The Labute approximate surface area is 147 Å². The van der Waals surface area contributed by atoms with Gasteiger partial charge in [-0.15, -0.1) is 21.8 Å². The third-order valence-corrected chi connectivity index (χ3v) is 5.67. The van der Waals surface area contributed by atoms with Gasteiger partial charge in [0.2, 0.25) is 16.2 Å². The molecule has 2 bridgehead atoms. The van der Waals surface area contributed by atoms with Crippen LogP contribution in [0.1, 0.15) is 18.0 Å². The van der Waals surface area contributed by atoms with Gasteiger partial charge in [-0.25, -0.2) is 0 Å². The minimum atomic E-state index is -0.289. The summed E-state index contributed by atoms with van der Waals surface area (Å²) in [5.74, 6) is 0.342. The van der Waals surface area contributed by atoms with Crippen molar-refractivity contribution < 1.29 is 4.79 Å². The molecule has 1 saturated heterocycles. The molecule has 0 spiro atoms. The lowest BCUT2D eigenvalue weighted by molar-refractivity contribution is -0.113. The van der Waals surface area contributed by atoms with Crippen LogP contribution in [0, 0.1) is 5.92 Å². The van der Waals surface area contributed by atoms with E-state index in [1.807, 2.05) is 16.7 Å². The van der Waals surface area contributed by atoms with Crippen LogP contribution in [0.3, 0.4) is 0 Å². The van der Waals surface area contributed by atoms with Crippen LogP contribution in [0.5, 0.6) is 0 Å². The summed E-state index contributed by atoms with van der Waals surface area (Å²) < 4.78 is 1.91. The number of carbonyl (C=O) groups excluding carboxylic acids is 1. The van der Waals surface area contributed by atoms with Crippen molar-refractivity contribution in [1.29, 1.82) is 0 Å². The smallest absolute Gasteiger partial charge is 0.250 e. The van der Waals surface area contributed by atoms with Crippen LogP contribution in [0.2, 0.25) is 0 Å². The normalized spacial score (nSPS) is 22.1. The highest BCUT2D eigenvalue weighted by Gasteiger charge is 2.35. The summed E-state index contributed by atoms with van der Waals surface area (Å²) in [6.45, 7) is 2.39. The van der Waals surface area contributed by atoms with Gasteiger partial charge in [0.1, 0.15) is 5.88 Å². The highest BCUT2D eigenvalue weighted by Crippen LogP contribution is 2.38. The van der Waals surface area contributed by atoms with Crippen molar-refractivity contribution >= 4 is 39.1 Å². The number of hydrogen-bond donors (Lipinski definition) is 1. The van der Waals surface area contributed by atoms with Gasteiger partial charge in [0.15, 0.2) is 0 Å². The molecule has 9 heteroatoms. The molecule has 0 saturated carbocycles. The van der Waals surface area contributed by atoms with Gasteiger partial charge in [-0.3, -0.25) is 14.9 Å². The molecule has 0 unspecified atom stereocenters. The third-order valence-electron chi connectivity index (χ3n) is 4.53. The van der Waals surface area contributed by atoms with Crippen molar-refractivity contribution in [2.75, 3.05) is 29.2 Å². The molecule has 2 aromatic rings. The van der Waals surface area contributed by atoms with Crippen molar-refractivity contribution in [3.63, 3.8) is 0 Å². The highest BCUT2D eigenvalue weighted by molar-refractivity contribution is 7.19. The Bertz CT molecular complexity index is 835. The Morgan fingerprint density at radius 3 is 3.04 bits per heavy atom. The molecule has 7 nitrogen and oxygen atoms in total. The lowest BCUT2D eigenvalue weighted by Crippen LogP contribution is -2.47. The molecule has 0 aliphatic carbocycles. The first kappa shape index (κ1) is 15.6. The standard InChI is InChI=1S/C15H16ClN5O2S/c16-5-12(22)17-14-18-19-15(24-14)20-6-9-4-10(8-20)11-2-1-3-13(23)21(11)7-9/h1-3,9-10H,4-8H2,(H,17,18,22)/t9-,10-/m1/s1. The number of alkyl halides is 1. The van der Waals surface area contributed by atoms with Crippen LogP contribution in [0.15, 0.2) is 23.0 Å². The van der Waals surface area contributed by atoms with Crippen molar-refractivity contribution in [1.82, 2.24) is 14.8 Å². The van der Waals surface area contributed by atoms with Crippen molar-refractivity contribution in [2.45, 2.75) is 18.9 Å². The molecule has 1 fully saturated rings. The predicted molar refractivity (Wildman–Crippen MR) is 93.0 cm³/mol. The Morgan fingerprint density at radius 2 is 2.21 bits per heavy atom. The first-order valence-corrected chi connectivity index (χ1v) is 9.13. The number of nitrogens with zero attached hydrogens (tertiary/aromatic N) is 4. The molecule has 126 valence electrons. The summed E-state index contributed by atoms with van der Waals surface area (Å²) in [4.78, 5) is 25.6. The molecule has 1 amide bonds. The van der Waals surface area contributed by atoms with Crippen LogP contribution >= 0.6 is 22.9 Å². The minimum absolute atomic E-state index is 0.0811. The van der Waals surface area contributed by atoms with Gasteiger partial charge in [-0.1, -0.05) is 17.4 Å². The maximum atomic E-state index is 12.1. The van der Waals surface area contributed by atoms with Crippen LogP contribution in [-0.2, 0) is 11.3 Å². The Morgan fingerprint density at radius 1 is 1.33 bits per heavy atom. The second kappa shape index (κ2) is 6.18. The number of aromatic nitrogens is 3.